The molecule has 2 heteroatoms. The molecule has 0 fully saturated rings. The van der Waals surface area contributed by atoms with Crippen LogP contribution in [0.2, 0.25) is 5.02 Å². The monoisotopic (exact) mass is 205 g/mol. The largest absolute Gasteiger partial charge is 0.205 e. The highest BCUT2D eigenvalue weighted by molar-refractivity contribution is 6.31. The van der Waals surface area contributed by atoms with Crippen molar-refractivity contribution in [2.45, 2.75) is 0 Å². The Hall–Kier alpha value is -1.34. The summed E-state index contributed by atoms with van der Waals surface area (Å²) in [5, 5.41) is 0.145. The fourth-order valence-corrected chi connectivity index (χ4v) is 1.43. The van der Waals surface area contributed by atoms with Gasteiger partial charge in [-0.2, -0.15) is 0 Å². The van der Waals surface area contributed by atoms with Gasteiger partial charge in [-0.15, -0.1) is 0 Å². The molecular weight excluding hydrogens is 199 g/mol. The Labute approximate surface area is 87.0 Å². The van der Waals surface area contributed by atoms with Gasteiger partial charge in [-0.25, -0.2) is 4.39 Å². The summed E-state index contributed by atoms with van der Waals surface area (Å²) >= 11 is 5.68. The first kappa shape index (κ1) is 9.22. The van der Waals surface area contributed by atoms with E-state index in [-0.39, 0.29) is 5.02 Å². The second-order valence-electron chi connectivity index (χ2n) is 2.92. The average molecular weight is 206 g/mol. The lowest BCUT2D eigenvalue weighted by Gasteiger charge is -2.01. The van der Waals surface area contributed by atoms with Crippen LogP contribution >= 0.6 is 11.6 Å². The van der Waals surface area contributed by atoms with Crippen LogP contribution in [-0.4, -0.2) is 0 Å². The van der Waals surface area contributed by atoms with Crippen molar-refractivity contribution < 1.29 is 4.39 Å². The summed E-state index contributed by atoms with van der Waals surface area (Å²) in [7, 11) is 0. The van der Waals surface area contributed by atoms with Gasteiger partial charge in [0, 0.05) is 0 Å². The molecule has 0 amide bonds. The van der Waals surface area contributed by atoms with E-state index < -0.39 is 5.82 Å². The topological polar surface area (TPSA) is 0 Å². The lowest BCUT2D eigenvalue weighted by molar-refractivity contribution is 0.628. The van der Waals surface area contributed by atoms with Gasteiger partial charge in [0.1, 0.15) is 5.82 Å². The van der Waals surface area contributed by atoms with E-state index in [2.05, 4.69) is 6.07 Å². The van der Waals surface area contributed by atoms with Crippen LogP contribution in [0, 0.1) is 11.9 Å². The Kier molecular flexibility index (Phi) is 2.51. The maximum Gasteiger partial charge on any atom is 0.141 e. The smallest absolute Gasteiger partial charge is 0.141 e. The molecule has 14 heavy (non-hydrogen) atoms. The number of hydrogen-bond acceptors (Lipinski definition) is 0. The molecule has 2 rings (SSSR count). The third kappa shape index (κ3) is 1.78. The van der Waals surface area contributed by atoms with Crippen LogP contribution in [0.3, 0.4) is 0 Å². The van der Waals surface area contributed by atoms with Gasteiger partial charge in [-0.3, -0.25) is 0 Å². The van der Waals surface area contributed by atoms with Crippen molar-refractivity contribution in [2.75, 3.05) is 0 Å². The van der Waals surface area contributed by atoms with E-state index in [0.717, 1.165) is 11.1 Å². The minimum absolute atomic E-state index is 0.145. The highest BCUT2D eigenvalue weighted by Gasteiger charge is 2.01. The van der Waals surface area contributed by atoms with Gasteiger partial charge in [0.05, 0.1) is 5.02 Å². The molecule has 0 N–H and O–H groups in total. The van der Waals surface area contributed by atoms with Crippen molar-refractivity contribution in [3.8, 4) is 11.1 Å². The summed E-state index contributed by atoms with van der Waals surface area (Å²) in [5.74, 6) is -0.393. The Morgan fingerprint density at radius 2 is 2.00 bits per heavy atom. The van der Waals surface area contributed by atoms with E-state index in [1.165, 1.54) is 6.07 Å². The van der Waals surface area contributed by atoms with Gasteiger partial charge in [0.25, 0.3) is 0 Å². The SMILES string of the molecule is Fc1ccc(-c2c[c]ccc2)cc1Cl. The first-order chi connectivity index (χ1) is 6.77. The molecule has 0 spiro atoms. The summed E-state index contributed by atoms with van der Waals surface area (Å²) < 4.78 is 12.9. The Morgan fingerprint density at radius 3 is 2.64 bits per heavy atom. The van der Waals surface area contributed by atoms with E-state index in [9.17, 15) is 4.39 Å². The van der Waals surface area contributed by atoms with Crippen molar-refractivity contribution in [1.82, 2.24) is 0 Å². The van der Waals surface area contributed by atoms with Crippen LogP contribution in [0.15, 0.2) is 42.5 Å². The van der Waals surface area contributed by atoms with Gasteiger partial charge in [0.2, 0.25) is 0 Å². The summed E-state index contributed by atoms with van der Waals surface area (Å²) in [5.41, 5.74) is 1.88. The number of rotatable bonds is 1. The summed E-state index contributed by atoms with van der Waals surface area (Å²) in [4.78, 5) is 0. The highest BCUT2D eigenvalue weighted by atomic mass is 35.5. The van der Waals surface area contributed by atoms with Crippen molar-refractivity contribution in [2.24, 2.45) is 0 Å². The van der Waals surface area contributed by atoms with Gasteiger partial charge >= 0.3 is 0 Å². The first-order valence-electron chi connectivity index (χ1n) is 4.19. The van der Waals surface area contributed by atoms with E-state index in [4.69, 9.17) is 11.6 Å². The number of hydrogen-bond donors (Lipinski definition) is 0. The van der Waals surface area contributed by atoms with E-state index >= 15 is 0 Å². The second-order valence-corrected chi connectivity index (χ2v) is 3.33. The Bertz CT molecular complexity index is 437. The fourth-order valence-electron chi connectivity index (χ4n) is 1.25. The van der Waals surface area contributed by atoms with E-state index in [1.54, 1.807) is 12.1 Å². The molecule has 0 heterocycles. The molecule has 0 aliphatic heterocycles. The molecule has 0 saturated heterocycles. The van der Waals surface area contributed by atoms with Crippen molar-refractivity contribution in [1.29, 1.82) is 0 Å². The van der Waals surface area contributed by atoms with Gasteiger partial charge in [-0.05, 0) is 35.4 Å². The maximum absolute atomic E-state index is 12.9. The van der Waals surface area contributed by atoms with Crippen LogP contribution in [0.4, 0.5) is 4.39 Å². The lowest BCUT2D eigenvalue weighted by atomic mass is 10.1. The molecule has 1 radical (unpaired) electrons. The van der Waals surface area contributed by atoms with E-state index in [0.29, 0.717) is 0 Å². The number of benzene rings is 2. The first-order valence-corrected chi connectivity index (χ1v) is 4.57. The number of halogens is 2. The normalized spacial score (nSPS) is 10.1. The zero-order chi connectivity index (χ0) is 9.97. The lowest BCUT2D eigenvalue weighted by Crippen LogP contribution is -1.80. The third-order valence-corrected chi connectivity index (χ3v) is 2.25. The molecule has 2 aromatic rings. The molecule has 69 valence electrons. The minimum atomic E-state index is -0.393. The van der Waals surface area contributed by atoms with Gasteiger partial charge in [-0.1, -0.05) is 35.9 Å². The minimum Gasteiger partial charge on any atom is -0.205 e. The second kappa shape index (κ2) is 3.81. The molecule has 0 saturated carbocycles. The zero-order valence-corrected chi connectivity index (χ0v) is 8.05. The Morgan fingerprint density at radius 1 is 1.14 bits per heavy atom. The molecule has 0 aliphatic rings. The molecule has 0 unspecified atom stereocenters. The van der Waals surface area contributed by atoms with Gasteiger partial charge in [0.15, 0.2) is 0 Å². The zero-order valence-electron chi connectivity index (χ0n) is 7.30. The van der Waals surface area contributed by atoms with Crippen LogP contribution in [0.25, 0.3) is 11.1 Å². The molecular formula is C12H7ClF. The molecule has 0 bridgehead atoms. The fraction of sp³-hybridized carbons (Fsp3) is 0. The van der Waals surface area contributed by atoms with Crippen molar-refractivity contribution in [3.05, 3.63) is 59.4 Å². The van der Waals surface area contributed by atoms with Crippen molar-refractivity contribution in [3.63, 3.8) is 0 Å². The van der Waals surface area contributed by atoms with Crippen molar-refractivity contribution >= 4 is 11.6 Å². The Balaban J connectivity index is 2.48. The maximum atomic E-state index is 12.9. The summed E-state index contributed by atoms with van der Waals surface area (Å²) in [6.45, 7) is 0. The molecule has 0 atom stereocenters. The highest BCUT2D eigenvalue weighted by Crippen LogP contribution is 2.24. The van der Waals surface area contributed by atoms with E-state index in [1.807, 2.05) is 24.3 Å². The van der Waals surface area contributed by atoms with Crippen LogP contribution in [-0.2, 0) is 0 Å². The predicted molar refractivity (Wildman–Crippen MR) is 55.7 cm³/mol. The predicted octanol–water partition coefficient (Wildman–Crippen LogP) is 3.95. The average Bonchev–Trinajstić information content (AvgIpc) is 2.23. The van der Waals surface area contributed by atoms with Crippen LogP contribution in [0.1, 0.15) is 0 Å². The van der Waals surface area contributed by atoms with Gasteiger partial charge < -0.3 is 0 Å². The molecule has 0 aliphatic carbocycles. The standard InChI is InChI=1S/C12H7ClF/c13-11-8-10(6-7-12(11)14)9-4-2-1-3-5-9/h1-2,4-8H. The van der Waals surface area contributed by atoms with Crippen LogP contribution in [0.5, 0.6) is 0 Å². The molecule has 0 nitrogen and oxygen atoms in total. The molecule has 0 aromatic heterocycles. The summed E-state index contributed by atoms with van der Waals surface area (Å²) in [6, 6.07) is 15.1. The quantitative estimate of drug-likeness (QED) is 0.662. The molecule has 2 aromatic carbocycles. The van der Waals surface area contributed by atoms with Crippen LogP contribution < -0.4 is 0 Å². The third-order valence-electron chi connectivity index (χ3n) is 1.96. The summed E-state index contributed by atoms with van der Waals surface area (Å²) in [6.07, 6.45) is 0.